The van der Waals surface area contributed by atoms with Crippen LogP contribution in [0.2, 0.25) is 0 Å². The van der Waals surface area contributed by atoms with Crippen molar-refractivity contribution >= 4 is 17.6 Å². The number of rotatable bonds is 7. The van der Waals surface area contributed by atoms with Gasteiger partial charge < -0.3 is 10.2 Å². The van der Waals surface area contributed by atoms with E-state index in [1.807, 2.05) is 19.1 Å². The molecule has 0 aliphatic carbocycles. The van der Waals surface area contributed by atoms with Gasteiger partial charge in [-0.25, -0.2) is 4.39 Å². The average molecular weight is 410 g/mol. The van der Waals surface area contributed by atoms with Crippen molar-refractivity contribution in [2.24, 2.45) is 0 Å². The Hall–Kier alpha value is -3.02. The molecule has 1 saturated heterocycles. The zero-order valence-electron chi connectivity index (χ0n) is 17.2. The predicted molar refractivity (Wildman–Crippen MR) is 113 cm³/mol. The Morgan fingerprint density at radius 1 is 0.967 bits per heavy atom. The summed E-state index contributed by atoms with van der Waals surface area (Å²) in [5.41, 5.74) is 2.50. The van der Waals surface area contributed by atoms with Crippen LogP contribution in [-0.4, -0.2) is 41.6 Å². The van der Waals surface area contributed by atoms with Crippen LogP contribution in [-0.2, 0) is 16.0 Å². The quantitative estimate of drug-likeness (QED) is 0.711. The molecule has 0 saturated carbocycles. The molecule has 30 heavy (non-hydrogen) atoms. The van der Waals surface area contributed by atoms with Crippen LogP contribution >= 0.6 is 0 Å². The molecule has 0 radical (unpaired) electrons. The number of aryl methyl sites for hydroxylation is 1. The lowest BCUT2D eigenvalue weighted by Gasteiger charge is -2.32. The summed E-state index contributed by atoms with van der Waals surface area (Å²) in [6, 6.07) is 13.3. The van der Waals surface area contributed by atoms with E-state index < -0.39 is 0 Å². The van der Waals surface area contributed by atoms with Gasteiger partial charge in [-0.1, -0.05) is 42.0 Å². The van der Waals surface area contributed by atoms with E-state index >= 15 is 0 Å². The molecule has 158 valence electrons. The van der Waals surface area contributed by atoms with Gasteiger partial charge in [0.25, 0.3) is 0 Å². The first-order valence-electron chi connectivity index (χ1n) is 10.3. The van der Waals surface area contributed by atoms with Crippen LogP contribution in [0.4, 0.5) is 4.39 Å². The molecule has 0 unspecified atom stereocenters. The number of piperidine rings is 1. The van der Waals surface area contributed by atoms with Crippen LogP contribution in [0.3, 0.4) is 0 Å². The SMILES string of the molecule is Cc1ccc(C(=O)CCC(=O)NC2CCN(C(=O)Cc3ccc(F)cc3)CC2)cc1. The fourth-order valence-electron chi connectivity index (χ4n) is 3.57. The number of hydrogen-bond donors (Lipinski definition) is 1. The van der Waals surface area contributed by atoms with Gasteiger partial charge in [-0.2, -0.15) is 0 Å². The molecule has 1 N–H and O–H groups in total. The van der Waals surface area contributed by atoms with Crippen LogP contribution in [0.15, 0.2) is 48.5 Å². The van der Waals surface area contributed by atoms with E-state index in [4.69, 9.17) is 0 Å². The predicted octanol–water partition coefficient (Wildman–Crippen LogP) is 3.45. The second-order valence-corrected chi connectivity index (χ2v) is 7.82. The van der Waals surface area contributed by atoms with Gasteiger partial charge in [-0.05, 0) is 37.5 Å². The Balaban J connectivity index is 1.38. The first kappa shape index (κ1) is 21.7. The lowest BCUT2D eigenvalue weighted by atomic mass is 10.0. The third kappa shape index (κ3) is 6.24. The van der Waals surface area contributed by atoms with Gasteiger partial charge in [0.05, 0.1) is 6.42 Å². The molecule has 3 rings (SSSR count). The Kier molecular flexibility index (Phi) is 7.33. The van der Waals surface area contributed by atoms with E-state index in [2.05, 4.69) is 5.32 Å². The molecule has 0 bridgehead atoms. The number of hydrogen-bond acceptors (Lipinski definition) is 3. The van der Waals surface area contributed by atoms with E-state index in [-0.39, 0.29) is 48.7 Å². The number of nitrogens with one attached hydrogen (secondary N) is 1. The fourth-order valence-corrected chi connectivity index (χ4v) is 3.57. The molecule has 0 spiro atoms. The summed E-state index contributed by atoms with van der Waals surface area (Å²) in [5, 5.41) is 2.98. The summed E-state index contributed by atoms with van der Waals surface area (Å²) in [5.74, 6) is -0.476. The Bertz CT molecular complexity index is 886. The number of ketones is 1. The van der Waals surface area contributed by atoms with E-state index in [1.165, 1.54) is 12.1 Å². The molecule has 0 atom stereocenters. The minimum absolute atomic E-state index is 0.00933. The van der Waals surface area contributed by atoms with Crippen LogP contribution in [0.5, 0.6) is 0 Å². The first-order chi connectivity index (χ1) is 14.4. The Morgan fingerprint density at radius 3 is 2.23 bits per heavy atom. The highest BCUT2D eigenvalue weighted by Crippen LogP contribution is 2.14. The van der Waals surface area contributed by atoms with Crippen molar-refractivity contribution in [3.63, 3.8) is 0 Å². The Morgan fingerprint density at radius 2 is 1.60 bits per heavy atom. The molecule has 6 heteroatoms. The fraction of sp³-hybridized carbons (Fsp3) is 0.375. The summed E-state index contributed by atoms with van der Waals surface area (Å²) < 4.78 is 13.0. The number of amides is 2. The molecular weight excluding hydrogens is 383 g/mol. The Labute approximate surface area is 176 Å². The van der Waals surface area contributed by atoms with E-state index in [1.54, 1.807) is 29.2 Å². The summed E-state index contributed by atoms with van der Waals surface area (Å²) in [6.45, 7) is 3.11. The number of carbonyl (C=O) groups excluding carboxylic acids is 3. The molecular formula is C24H27FN2O3. The van der Waals surface area contributed by atoms with E-state index in [0.717, 1.165) is 11.1 Å². The van der Waals surface area contributed by atoms with E-state index in [0.29, 0.717) is 31.5 Å². The highest BCUT2D eigenvalue weighted by molar-refractivity contribution is 5.98. The summed E-state index contributed by atoms with van der Waals surface area (Å²) in [7, 11) is 0. The maximum absolute atomic E-state index is 13.0. The molecule has 2 amide bonds. The number of nitrogens with zero attached hydrogens (tertiary/aromatic N) is 1. The van der Waals surface area contributed by atoms with Crippen LogP contribution in [0, 0.1) is 12.7 Å². The average Bonchev–Trinajstić information content (AvgIpc) is 2.74. The van der Waals surface area contributed by atoms with Crippen LogP contribution < -0.4 is 5.32 Å². The lowest BCUT2D eigenvalue weighted by molar-refractivity contribution is -0.131. The van der Waals surface area contributed by atoms with Crippen LogP contribution in [0.25, 0.3) is 0 Å². The summed E-state index contributed by atoms with van der Waals surface area (Å²) >= 11 is 0. The second-order valence-electron chi connectivity index (χ2n) is 7.82. The van der Waals surface area contributed by atoms with Gasteiger partial charge in [0, 0.05) is 37.5 Å². The topological polar surface area (TPSA) is 66.5 Å². The largest absolute Gasteiger partial charge is 0.353 e. The monoisotopic (exact) mass is 410 g/mol. The van der Waals surface area contributed by atoms with Gasteiger partial charge in [0.2, 0.25) is 11.8 Å². The third-order valence-electron chi connectivity index (χ3n) is 5.43. The number of halogens is 1. The number of carbonyl (C=O) groups is 3. The molecule has 1 aliphatic heterocycles. The standard InChI is InChI=1S/C24H27FN2O3/c1-17-2-6-19(7-3-17)22(28)10-11-23(29)26-21-12-14-27(15-13-21)24(30)16-18-4-8-20(25)9-5-18/h2-9,21H,10-16H2,1H3,(H,26,29). The molecule has 2 aromatic rings. The van der Waals surface area contributed by atoms with Gasteiger partial charge in [-0.15, -0.1) is 0 Å². The maximum atomic E-state index is 13.0. The highest BCUT2D eigenvalue weighted by atomic mass is 19.1. The maximum Gasteiger partial charge on any atom is 0.226 e. The van der Waals surface area contributed by atoms with Crippen molar-refractivity contribution in [3.05, 3.63) is 71.0 Å². The third-order valence-corrected chi connectivity index (χ3v) is 5.43. The van der Waals surface area contributed by atoms with Crippen molar-refractivity contribution in [2.75, 3.05) is 13.1 Å². The lowest BCUT2D eigenvalue weighted by Crippen LogP contribution is -2.47. The molecule has 1 heterocycles. The van der Waals surface area contributed by atoms with Crippen molar-refractivity contribution in [1.29, 1.82) is 0 Å². The van der Waals surface area contributed by atoms with Crippen molar-refractivity contribution in [1.82, 2.24) is 10.2 Å². The molecule has 0 aromatic heterocycles. The zero-order chi connectivity index (χ0) is 21.5. The molecule has 1 fully saturated rings. The second kappa shape index (κ2) is 10.1. The number of benzene rings is 2. The molecule has 2 aromatic carbocycles. The minimum Gasteiger partial charge on any atom is -0.353 e. The molecule has 5 nitrogen and oxygen atoms in total. The summed E-state index contributed by atoms with van der Waals surface area (Å²) in [6.07, 6.45) is 1.97. The van der Waals surface area contributed by atoms with Gasteiger partial charge in [0.1, 0.15) is 5.82 Å². The van der Waals surface area contributed by atoms with E-state index in [9.17, 15) is 18.8 Å². The zero-order valence-corrected chi connectivity index (χ0v) is 17.2. The smallest absolute Gasteiger partial charge is 0.226 e. The minimum atomic E-state index is -0.316. The van der Waals surface area contributed by atoms with Gasteiger partial charge in [0.15, 0.2) is 5.78 Å². The summed E-state index contributed by atoms with van der Waals surface area (Å²) in [4.78, 5) is 38.6. The van der Waals surface area contributed by atoms with Crippen molar-refractivity contribution in [3.8, 4) is 0 Å². The van der Waals surface area contributed by atoms with Gasteiger partial charge >= 0.3 is 0 Å². The van der Waals surface area contributed by atoms with Crippen molar-refractivity contribution < 1.29 is 18.8 Å². The first-order valence-corrected chi connectivity index (χ1v) is 10.3. The normalized spacial score (nSPS) is 14.4. The molecule has 1 aliphatic rings. The number of likely N-dealkylation sites (tertiary alicyclic amines) is 1. The van der Waals surface area contributed by atoms with Crippen LogP contribution in [0.1, 0.15) is 47.2 Å². The van der Waals surface area contributed by atoms with Gasteiger partial charge in [-0.3, -0.25) is 14.4 Å². The highest BCUT2D eigenvalue weighted by Gasteiger charge is 2.24. The number of Topliss-reactive ketones (excluding diaryl/α,β-unsaturated/α-hetero) is 1. The van der Waals surface area contributed by atoms with Crippen molar-refractivity contribution in [2.45, 2.75) is 45.1 Å².